The van der Waals surface area contributed by atoms with Gasteiger partial charge in [-0.25, -0.2) is 0 Å². The highest BCUT2D eigenvalue weighted by molar-refractivity contribution is 7.80. The van der Waals surface area contributed by atoms with Gasteiger partial charge in [-0.2, -0.15) is 0 Å². The molecule has 0 aromatic heterocycles. The highest BCUT2D eigenvalue weighted by Crippen LogP contribution is 2.23. The van der Waals surface area contributed by atoms with E-state index in [1.54, 1.807) is 0 Å². The highest BCUT2D eigenvalue weighted by Gasteiger charge is 2.20. The molecule has 13 heavy (non-hydrogen) atoms. The van der Waals surface area contributed by atoms with Crippen LogP contribution in [0.1, 0.15) is 32.1 Å². The summed E-state index contributed by atoms with van der Waals surface area (Å²) in [5.41, 5.74) is 10.1. The smallest absolute Gasteiger partial charge is 0.241 e. The maximum atomic E-state index is 11.4. The molecule has 0 spiro atoms. The Labute approximate surface area is 83.2 Å². The minimum absolute atomic E-state index is 0.00694. The quantitative estimate of drug-likeness (QED) is 0.425. The number of hydrazine groups is 1. The molecule has 0 heterocycles. The third-order valence-electron chi connectivity index (χ3n) is 2.28. The number of nitrogens with one attached hydrogen (secondary N) is 2. The van der Waals surface area contributed by atoms with Crippen molar-refractivity contribution in [3.8, 4) is 0 Å². The van der Waals surface area contributed by atoms with Crippen LogP contribution in [0, 0.1) is 5.92 Å². The van der Waals surface area contributed by atoms with Crippen molar-refractivity contribution in [2.24, 2.45) is 11.7 Å². The van der Waals surface area contributed by atoms with Crippen LogP contribution >= 0.6 is 12.2 Å². The van der Waals surface area contributed by atoms with Crippen molar-refractivity contribution in [2.75, 3.05) is 0 Å². The molecule has 0 aromatic carbocycles. The molecular weight excluding hydrogens is 186 g/mol. The van der Waals surface area contributed by atoms with Crippen molar-refractivity contribution in [3.05, 3.63) is 0 Å². The van der Waals surface area contributed by atoms with Gasteiger partial charge < -0.3 is 5.73 Å². The molecule has 0 aliphatic heterocycles. The molecule has 4 nitrogen and oxygen atoms in total. The fourth-order valence-corrected chi connectivity index (χ4v) is 1.64. The average Bonchev–Trinajstić information content (AvgIpc) is 2.15. The van der Waals surface area contributed by atoms with Crippen LogP contribution in [0.2, 0.25) is 0 Å². The average molecular weight is 201 g/mol. The number of rotatable bonds is 1. The summed E-state index contributed by atoms with van der Waals surface area (Å²) in [5.74, 6) is 0.142. The Morgan fingerprint density at radius 2 is 1.85 bits per heavy atom. The molecule has 1 amide bonds. The maximum Gasteiger partial charge on any atom is 0.241 e. The molecule has 4 N–H and O–H groups in total. The molecule has 74 valence electrons. The minimum atomic E-state index is 0.00694. The lowest BCUT2D eigenvalue weighted by atomic mass is 9.89. The topological polar surface area (TPSA) is 67.2 Å². The van der Waals surface area contributed by atoms with Gasteiger partial charge in [0.2, 0.25) is 5.91 Å². The Kier molecular flexibility index (Phi) is 3.95. The lowest BCUT2D eigenvalue weighted by Crippen LogP contribution is -2.47. The number of hydrogen-bond acceptors (Lipinski definition) is 2. The normalized spacial score (nSPS) is 17.8. The molecule has 1 saturated carbocycles. The summed E-state index contributed by atoms with van der Waals surface area (Å²) in [6, 6.07) is 0. The summed E-state index contributed by atoms with van der Waals surface area (Å²) in [4.78, 5) is 11.4. The minimum Gasteiger partial charge on any atom is -0.375 e. The standard InChI is InChI=1S/C8H15N3OS/c9-8(13)11-10-7(12)6-4-2-1-3-5-6/h6H,1-5H2,(H,10,12)(H3,9,11,13). The predicted molar refractivity (Wildman–Crippen MR) is 54.6 cm³/mol. The van der Waals surface area contributed by atoms with Crippen molar-refractivity contribution >= 4 is 23.2 Å². The van der Waals surface area contributed by atoms with Crippen LogP contribution < -0.4 is 16.6 Å². The number of nitrogens with two attached hydrogens (primary N) is 1. The monoisotopic (exact) mass is 201 g/mol. The molecule has 0 bridgehead atoms. The Balaban J connectivity index is 2.25. The van der Waals surface area contributed by atoms with Gasteiger partial charge in [0.25, 0.3) is 0 Å². The Bertz CT molecular complexity index is 202. The number of thiocarbonyl (C=S) groups is 1. The Morgan fingerprint density at radius 3 is 2.38 bits per heavy atom. The second-order valence-electron chi connectivity index (χ2n) is 3.31. The number of carbonyl (C=O) groups excluding carboxylic acids is 1. The SMILES string of the molecule is NC(=S)NNC(=O)C1CCCCC1. The summed E-state index contributed by atoms with van der Waals surface area (Å²) in [7, 11) is 0. The zero-order chi connectivity index (χ0) is 9.68. The highest BCUT2D eigenvalue weighted by atomic mass is 32.1. The summed E-state index contributed by atoms with van der Waals surface area (Å²) in [6.45, 7) is 0. The van der Waals surface area contributed by atoms with Gasteiger partial charge in [0.15, 0.2) is 5.11 Å². The van der Waals surface area contributed by atoms with Crippen molar-refractivity contribution in [3.63, 3.8) is 0 Å². The summed E-state index contributed by atoms with van der Waals surface area (Å²) >= 11 is 4.57. The Hall–Kier alpha value is -0.840. The molecular formula is C8H15N3OS. The van der Waals surface area contributed by atoms with E-state index in [9.17, 15) is 4.79 Å². The van der Waals surface area contributed by atoms with Crippen LogP contribution in [0.4, 0.5) is 0 Å². The van der Waals surface area contributed by atoms with Gasteiger partial charge in [0.1, 0.15) is 0 Å². The number of amides is 1. The molecule has 0 radical (unpaired) electrons. The molecule has 1 aliphatic rings. The van der Waals surface area contributed by atoms with E-state index in [1.165, 1.54) is 6.42 Å². The number of hydrogen-bond donors (Lipinski definition) is 3. The molecule has 0 unspecified atom stereocenters. The zero-order valence-electron chi connectivity index (χ0n) is 7.51. The van der Waals surface area contributed by atoms with Gasteiger partial charge in [0.05, 0.1) is 0 Å². The lowest BCUT2D eigenvalue weighted by Gasteiger charge is -2.20. The predicted octanol–water partition coefficient (Wildman–Crippen LogP) is 0.431. The summed E-state index contributed by atoms with van der Waals surface area (Å²) in [5, 5.41) is 0.101. The van der Waals surface area contributed by atoms with E-state index in [4.69, 9.17) is 5.73 Å². The third kappa shape index (κ3) is 3.59. The van der Waals surface area contributed by atoms with Crippen molar-refractivity contribution in [1.29, 1.82) is 0 Å². The molecule has 5 heteroatoms. The van der Waals surface area contributed by atoms with Crippen LogP contribution in [-0.4, -0.2) is 11.0 Å². The van der Waals surface area contributed by atoms with Gasteiger partial charge in [-0.3, -0.25) is 15.6 Å². The molecule has 0 atom stereocenters. The molecule has 0 aromatic rings. The van der Waals surface area contributed by atoms with Crippen LogP contribution in [0.3, 0.4) is 0 Å². The molecule has 1 rings (SSSR count). The van der Waals surface area contributed by atoms with Gasteiger partial charge in [-0.05, 0) is 25.1 Å². The fourth-order valence-electron chi connectivity index (χ4n) is 1.59. The first-order valence-electron chi connectivity index (χ1n) is 4.55. The first-order chi connectivity index (χ1) is 6.20. The van der Waals surface area contributed by atoms with Crippen molar-refractivity contribution in [2.45, 2.75) is 32.1 Å². The zero-order valence-corrected chi connectivity index (χ0v) is 8.32. The van der Waals surface area contributed by atoms with E-state index in [0.717, 1.165) is 25.7 Å². The van der Waals surface area contributed by atoms with Crippen molar-refractivity contribution in [1.82, 2.24) is 10.9 Å². The molecule has 1 fully saturated rings. The maximum absolute atomic E-state index is 11.4. The second-order valence-corrected chi connectivity index (χ2v) is 3.75. The molecule has 0 saturated heterocycles. The van der Waals surface area contributed by atoms with E-state index >= 15 is 0 Å². The van der Waals surface area contributed by atoms with Crippen LogP contribution in [0.5, 0.6) is 0 Å². The van der Waals surface area contributed by atoms with Gasteiger partial charge in [-0.1, -0.05) is 19.3 Å². The van der Waals surface area contributed by atoms with Crippen LogP contribution in [0.25, 0.3) is 0 Å². The summed E-state index contributed by atoms with van der Waals surface area (Å²) in [6.07, 6.45) is 5.48. The van der Waals surface area contributed by atoms with Crippen LogP contribution in [0.15, 0.2) is 0 Å². The van der Waals surface area contributed by atoms with E-state index in [2.05, 4.69) is 23.1 Å². The summed E-state index contributed by atoms with van der Waals surface area (Å²) < 4.78 is 0. The van der Waals surface area contributed by atoms with E-state index in [-0.39, 0.29) is 16.9 Å². The Morgan fingerprint density at radius 1 is 1.23 bits per heavy atom. The first-order valence-corrected chi connectivity index (χ1v) is 4.96. The van der Waals surface area contributed by atoms with Crippen molar-refractivity contribution < 1.29 is 4.79 Å². The largest absolute Gasteiger partial charge is 0.375 e. The third-order valence-corrected chi connectivity index (χ3v) is 2.39. The van der Waals surface area contributed by atoms with E-state index < -0.39 is 0 Å². The van der Waals surface area contributed by atoms with E-state index in [1.807, 2.05) is 0 Å². The second kappa shape index (κ2) is 5.01. The van der Waals surface area contributed by atoms with Gasteiger partial charge in [-0.15, -0.1) is 0 Å². The van der Waals surface area contributed by atoms with Crippen LogP contribution in [-0.2, 0) is 4.79 Å². The van der Waals surface area contributed by atoms with E-state index in [0.29, 0.717) is 0 Å². The lowest BCUT2D eigenvalue weighted by molar-refractivity contribution is -0.126. The molecule has 1 aliphatic carbocycles. The first kappa shape index (κ1) is 10.2. The van der Waals surface area contributed by atoms with Gasteiger partial charge >= 0.3 is 0 Å². The fraction of sp³-hybridized carbons (Fsp3) is 0.750. The number of carbonyl (C=O) groups is 1. The van der Waals surface area contributed by atoms with Gasteiger partial charge in [0, 0.05) is 5.92 Å².